The van der Waals surface area contributed by atoms with E-state index in [1.807, 2.05) is 0 Å². The molecule has 0 aliphatic carbocycles. The Bertz CT molecular complexity index is 781. The first kappa shape index (κ1) is 16.1. The van der Waals surface area contributed by atoms with Gasteiger partial charge in [0.25, 0.3) is 5.91 Å². The topological polar surface area (TPSA) is 91.4 Å². The van der Waals surface area contributed by atoms with Crippen LogP contribution in [0.3, 0.4) is 0 Å². The predicted octanol–water partition coefficient (Wildman–Crippen LogP) is 1.73. The first-order chi connectivity index (χ1) is 11.5. The number of urea groups is 1. The van der Waals surface area contributed by atoms with Crippen LogP contribution in [-0.2, 0) is 16.1 Å². The molecule has 2 aromatic rings. The predicted molar refractivity (Wildman–Crippen MR) is 84.6 cm³/mol. The molecule has 1 aromatic carbocycles. The van der Waals surface area contributed by atoms with Crippen LogP contribution < -0.4 is 10.6 Å². The second kappa shape index (κ2) is 6.75. The third-order valence-electron chi connectivity index (χ3n) is 3.40. The Balaban J connectivity index is 1.62. The molecule has 1 saturated heterocycles. The Morgan fingerprint density at radius 2 is 2.25 bits per heavy atom. The van der Waals surface area contributed by atoms with Gasteiger partial charge in [-0.15, -0.1) is 11.3 Å². The summed E-state index contributed by atoms with van der Waals surface area (Å²) in [4.78, 5) is 41.0. The minimum Gasteiger partial charge on any atom is -0.325 e. The number of aromatic nitrogens is 1. The third kappa shape index (κ3) is 3.57. The quantitative estimate of drug-likeness (QED) is 0.805. The number of thiazole rings is 1. The molecule has 4 amide bonds. The van der Waals surface area contributed by atoms with Gasteiger partial charge < -0.3 is 10.6 Å². The number of nitrogens with zero attached hydrogens (tertiary/aromatic N) is 2. The van der Waals surface area contributed by atoms with Crippen LogP contribution >= 0.6 is 11.3 Å². The first-order valence-electron chi connectivity index (χ1n) is 7.08. The summed E-state index contributed by atoms with van der Waals surface area (Å²) in [6.07, 6.45) is 1.35. The molecule has 1 aliphatic heterocycles. The summed E-state index contributed by atoms with van der Waals surface area (Å²) in [6, 6.07) is 4.11. The number of carbonyl (C=O) groups excluding carboxylic acids is 3. The molecule has 2 N–H and O–H groups in total. The molecule has 1 fully saturated rings. The first-order valence-corrected chi connectivity index (χ1v) is 7.96. The van der Waals surface area contributed by atoms with Crippen molar-refractivity contribution in [2.24, 2.45) is 0 Å². The van der Waals surface area contributed by atoms with Crippen LogP contribution in [0.2, 0.25) is 0 Å². The molecule has 7 nitrogen and oxygen atoms in total. The van der Waals surface area contributed by atoms with Gasteiger partial charge in [0, 0.05) is 11.6 Å². The fourth-order valence-electron chi connectivity index (χ4n) is 2.32. The Morgan fingerprint density at radius 1 is 1.42 bits per heavy atom. The van der Waals surface area contributed by atoms with Gasteiger partial charge in [0.1, 0.15) is 11.9 Å². The lowest BCUT2D eigenvalue weighted by Crippen LogP contribution is -2.34. The highest BCUT2D eigenvalue weighted by molar-refractivity contribution is 7.13. The van der Waals surface area contributed by atoms with E-state index in [4.69, 9.17) is 0 Å². The monoisotopic (exact) mass is 348 g/mol. The van der Waals surface area contributed by atoms with Gasteiger partial charge in [-0.3, -0.25) is 14.5 Å². The number of rotatable bonds is 5. The molecule has 0 spiro atoms. The molecule has 0 unspecified atom stereocenters. The average molecular weight is 348 g/mol. The Hall–Kier alpha value is -2.81. The third-order valence-corrected chi connectivity index (χ3v) is 4.09. The maximum Gasteiger partial charge on any atom is 0.325 e. The summed E-state index contributed by atoms with van der Waals surface area (Å²) in [6.45, 7) is -0.0486. The van der Waals surface area contributed by atoms with Crippen molar-refractivity contribution in [3.05, 3.63) is 47.2 Å². The van der Waals surface area contributed by atoms with Crippen molar-refractivity contribution in [3.8, 4) is 0 Å². The number of hydrogen-bond donors (Lipinski definition) is 2. The Kier molecular flexibility index (Phi) is 4.52. The molecule has 0 radical (unpaired) electrons. The highest BCUT2D eigenvalue weighted by Crippen LogP contribution is 2.16. The van der Waals surface area contributed by atoms with Crippen LogP contribution in [0.25, 0.3) is 0 Å². The number of anilines is 1. The second-order valence-corrected chi connectivity index (χ2v) is 6.04. The van der Waals surface area contributed by atoms with E-state index in [2.05, 4.69) is 15.6 Å². The van der Waals surface area contributed by atoms with Crippen molar-refractivity contribution >= 4 is 34.3 Å². The SMILES string of the molecule is O=C(C[C@@H]1NC(=O)N(Cc2cccc(F)c2)C1=O)Nc1nccs1. The largest absolute Gasteiger partial charge is 0.325 e. The molecule has 0 saturated carbocycles. The number of benzene rings is 1. The molecule has 1 aliphatic rings. The van der Waals surface area contributed by atoms with Crippen LogP contribution in [0.15, 0.2) is 35.8 Å². The van der Waals surface area contributed by atoms with E-state index < -0.39 is 29.7 Å². The number of hydrogen-bond acceptors (Lipinski definition) is 5. The van der Waals surface area contributed by atoms with Crippen molar-refractivity contribution in [1.29, 1.82) is 0 Å². The van der Waals surface area contributed by atoms with E-state index in [-0.39, 0.29) is 13.0 Å². The molecule has 0 bridgehead atoms. The molecular formula is C15H13FN4O3S. The fraction of sp³-hybridized carbons (Fsp3) is 0.200. The van der Waals surface area contributed by atoms with Crippen molar-refractivity contribution < 1.29 is 18.8 Å². The van der Waals surface area contributed by atoms with Crippen molar-refractivity contribution in [2.75, 3.05) is 5.32 Å². The van der Waals surface area contributed by atoms with E-state index in [0.29, 0.717) is 10.7 Å². The lowest BCUT2D eigenvalue weighted by molar-refractivity contribution is -0.130. The lowest BCUT2D eigenvalue weighted by Gasteiger charge is -2.13. The Labute approximate surface area is 140 Å². The van der Waals surface area contributed by atoms with E-state index in [0.717, 1.165) is 4.90 Å². The van der Waals surface area contributed by atoms with Gasteiger partial charge in [0.2, 0.25) is 5.91 Å². The number of amides is 4. The van der Waals surface area contributed by atoms with Crippen LogP contribution in [0.1, 0.15) is 12.0 Å². The van der Waals surface area contributed by atoms with E-state index in [9.17, 15) is 18.8 Å². The zero-order valence-corrected chi connectivity index (χ0v) is 13.2. The van der Waals surface area contributed by atoms with Gasteiger partial charge in [0.15, 0.2) is 5.13 Å². The molecule has 24 heavy (non-hydrogen) atoms. The minimum atomic E-state index is -0.939. The van der Waals surface area contributed by atoms with Crippen LogP contribution in [0.5, 0.6) is 0 Å². The molecule has 1 atom stereocenters. The summed E-state index contributed by atoms with van der Waals surface area (Å²) in [5, 5.41) is 7.15. The lowest BCUT2D eigenvalue weighted by atomic mass is 10.1. The fourth-order valence-corrected chi connectivity index (χ4v) is 2.87. The van der Waals surface area contributed by atoms with Crippen LogP contribution in [0, 0.1) is 5.82 Å². The van der Waals surface area contributed by atoms with E-state index in [1.54, 1.807) is 17.6 Å². The summed E-state index contributed by atoms with van der Waals surface area (Å²) < 4.78 is 13.2. The van der Waals surface area contributed by atoms with Gasteiger partial charge >= 0.3 is 6.03 Å². The smallest absolute Gasteiger partial charge is 0.325 e. The average Bonchev–Trinajstić information content (AvgIpc) is 3.12. The zero-order chi connectivity index (χ0) is 17.1. The second-order valence-electron chi connectivity index (χ2n) is 5.15. The number of nitrogens with one attached hydrogen (secondary N) is 2. The maximum atomic E-state index is 13.2. The van der Waals surface area contributed by atoms with Crippen molar-refractivity contribution in [2.45, 2.75) is 19.0 Å². The van der Waals surface area contributed by atoms with Gasteiger partial charge in [-0.25, -0.2) is 14.2 Å². The minimum absolute atomic E-state index is 0.0486. The number of imide groups is 1. The molecule has 1 aromatic heterocycles. The van der Waals surface area contributed by atoms with E-state index >= 15 is 0 Å². The molecule has 124 valence electrons. The van der Waals surface area contributed by atoms with Crippen LogP contribution in [-0.4, -0.2) is 33.8 Å². The highest BCUT2D eigenvalue weighted by Gasteiger charge is 2.39. The molecule has 3 rings (SSSR count). The number of halogens is 1. The standard InChI is InChI=1S/C15H13FN4O3S/c16-10-3-1-2-9(6-10)8-20-13(22)11(18-15(20)23)7-12(21)19-14-17-4-5-24-14/h1-6,11H,7-8H2,(H,18,23)(H,17,19,21)/t11-/m0/s1. The molecule has 9 heteroatoms. The highest BCUT2D eigenvalue weighted by atomic mass is 32.1. The van der Waals surface area contributed by atoms with Crippen molar-refractivity contribution in [3.63, 3.8) is 0 Å². The zero-order valence-electron chi connectivity index (χ0n) is 12.4. The van der Waals surface area contributed by atoms with Gasteiger partial charge in [-0.05, 0) is 17.7 Å². The number of carbonyl (C=O) groups is 3. The summed E-state index contributed by atoms with van der Waals surface area (Å²) >= 11 is 1.25. The van der Waals surface area contributed by atoms with E-state index in [1.165, 1.54) is 29.5 Å². The summed E-state index contributed by atoms with van der Waals surface area (Å²) in [5.74, 6) is -1.38. The maximum absolute atomic E-state index is 13.2. The Morgan fingerprint density at radius 3 is 2.96 bits per heavy atom. The van der Waals surface area contributed by atoms with Crippen LogP contribution in [0.4, 0.5) is 14.3 Å². The summed E-state index contributed by atoms with van der Waals surface area (Å²) in [7, 11) is 0. The van der Waals surface area contributed by atoms with Gasteiger partial charge in [0.05, 0.1) is 13.0 Å². The van der Waals surface area contributed by atoms with Gasteiger partial charge in [-0.1, -0.05) is 12.1 Å². The molecule has 2 heterocycles. The van der Waals surface area contributed by atoms with Crippen molar-refractivity contribution in [1.82, 2.24) is 15.2 Å². The normalized spacial score (nSPS) is 17.0. The molecular weight excluding hydrogens is 335 g/mol. The summed E-state index contributed by atoms with van der Waals surface area (Å²) in [5.41, 5.74) is 0.492. The van der Waals surface area contributed by atoms with Gasteiger partial charge in [-0.2, -0.15) is 0 Å².